The van der Waals surface area contributed by atoms with Crippen LogP contribution in [0.5, 0.6) is 0 Å². The molecule has 0 atom stereocenters. The average Bonchev–Trinajstić information content (AvgIpc) is 2.27. The second kappa shape index (κ2) is 6.42. The van der Waals surface area contributed by atoms with Gasteiger partial charge in [-0.05, 0) is 19.3 Å². The Hall–Kier alpha value is -1.32. The zero-order valence-electron chi connectivity index (χ0n) is 11.6. The van der Waals surface area contributed by atoms with Gasteiger partial charge in [0, 0.05) is 31.9 Å². The number of rotatable bonds is 6. The summed E-state index contributed by atoms with van der Waals surface area (Å²) < 4.78 is 0. The highest BCUT2D eigenvalue weighted by Gasteiger charge is 2.09. The van der Waals surface area contributed by atoms with Gasteiger partial charge in [0.25, 0.3) is 0 Å². The van der Waals surface area contributed by atoms with Crippen molar-refractivity contribution in [3.63, 3.8) is 0 Å². The second-order valence-corrected chi connectivity index (χ2v) is 4.90. The average molecular weight is 236 g/mol. The summed E-state index contributed by atoms with van der Waals surface area (Å²) >= 11 is 0. The Bertz CT molecular complexity index is 349. The molecule has 1 aromatic rings. The molecule has 0 saturated heterocycles. The van der Waals surface area contributed by atoms with Crippen LogP contribution in [-0.4, -0.2) is 30.1 Å². The predicted octanol–water partition coefficient (Wildman–Crippen LogP) is 2.70. The zero-order valence-corrected chi connectivity index (χ0v) is 11.6. The van der Waals surface area contributed by atoms with Crippen molar-refractivity contribution >= 4 is 11.8 Å². The van der Waals surface area contributed by atoms with Crippen LogP contribution in [0.15, 0.2) is 6.20 Å². The van der Waals surface area contributed by atoms with Crippen LogP contribution in [0.4, 0.5) is 11.8 Å². The monoisotopic (exact) mass is 236 g/mol. The van der Waals surface area contributed by atoms with Crippen molar-refractivity contribution in [1.82, 2.24) is 9.97 Å². The second-order valence-electron chi connectivity index (χ2n) is 4.90. The van der Waals surface area contributed by atoms with Gasteiger partial charge in [-0.15, -0.1) is 0 Å². The Morgan fingerprint density at radius 2 is 2.12 bits per heavy atom. The maximum Gasteiger partial charge on any atom is 0.224 e. The molecule has 1 heterocycles. The topological polar surface area (TPSA) is 41.1 Å². The van der Waals surface area contributed by atoms with E-state index >= 15 is 0 Å². The summed E-state index contributed by atoms with van der Waals surface area (Å²) in [5.74, 6) is 2.37. The van der Waals surface area contributed by atoms with Crippen LogP contribution in [0.3, 0.4) is 0 Å². The normalized spacial score (nSPS) is 10.7. The van der Waals surface area contributed by atoms with Gasteiger partial charge in [0.05, 0.1) is 0 Å². The summed E-state index contributed by atoms with van der Waals surface area (Å²) in [4.78, 5) is 11.0. The molecule has 0 fully saturated rings. The highest BCUT2D eigenvalue weighted by molar-refractivity contribution is 5.48. The van der Waals surface area contributed by atoms with Crippen LogP contribution in [-0.2, 0) is 0 Å². The number of nitrogens with one attached hydrogen (secondary N) is 1. The van der Waals surface area contributed by atoms with Crippen molar-refractivity contribution in [3.05, 3.63) is 11.8 Å². The molecule has 0 radical (unpaired) electrons. The summed E-state index contributed by atoms with van der Waals surface area (Å²) in [5.41, 5.74) is 1.12. The maximum atomic E-state index is 4.57. The minimum atomic E-state index is 0.626. The molecule has 4 heteroatoms. The Morgan fingerprint density at radius 1 is 1.41 bits per heavy atom. The SMILES string of the molecule is CCCNc1ncc(C)c(N(C)CC(C)C)n1. The highest BCUT2D eigenvalue weighted by Crippen LogP contribution is 2.17. The van der Waals surface area contributed by atoms with Gasteiger partial charge in [-0.2, -0.15) is 4.98 Å². The highest BCUT2D eigenvalue weighted by atomic mass is 15.2. The van der Waals surface area contributed by atoms with Gasteiger partial charge in [-0.3, -0.25) is 0 Å². The molecule has 0 aromatic carbocycles. The van der Waals surface area contributed by atoms with Gasteiger partial charge in [-0.25, -0.2) is 4.98 Å². The fourth-order valence-corrected chi connectivity index (χ4v) is 1.78. The van der Waals surface area contributed by atoms with E-state index in [-0.39, 0.29) is 0 Å². The van der Waals surface area contributed by atoms with E-state index in [0.29, 0.717) is 5.92 Å². The van der Waals surface area contributed by atoms with Crippen molar-refractivity contribution in [2.24, 2.45) is 5.92 Å². The Morgan fingerprint density at radius 3 is 2.71 bits per heavy atom. The van der Waals surface area contributed by atoms with Crippen LogP contribution in [0.1, 0.15) is 32.8 Å². The Kier molecular flexibility index (Phi) is 5.19. The Labute approximate surface area is 104 Å². The molecular formula is C13H24N4. The van der Waals surface area contributed by atoms with Crippen LogP contribution >= 0.6 is 0 Å². The first kappa shape index (κ1) is 13.7. The van der Waals surface area contributed by atoms with Crippen molar-refractivity contribution in [2.75, 3.05) is 30.4 Å². The molecule has 0 amide bonds. The third-order valence-corrected chi connectivity index (χ3v) is 2.48. The molecule has 1 rings (SSSR count). The molecule has 1 N–H and O–H groups in total. The molecule has 0 bridgehead atoms. The summed E-state index contributed by atoms with van der Waals surface area (Å²) in [7, 11) is 2.08. The lowest BCUT2D eigenvalue weighted by Crippen LogP contribution is -2.25. The van der Waals surface area contributed by atoms with E-state index in [2.05, 4.69) is 54.9 Å². The molecule has 96 valence electrons. The fraction of sp³-hybridized carbons (Fsp3) is 0.692. The number of anilines is 2. The molecule has 0 aliphatic carbocycles. The molecule has 0 aliphatic heterocycles. The van der Waals surface area contributed by atoms with Crippen molar-refractivity contribution in [2.45, 2.75) is 34.1 Å². The standard InChI is InChI=1S/C13H24N4/c1-6-7-14-13-15-8-11(4)12(16-13)17(5)9-10(2)3/h8,10H,6-7,9H2,1-5H3,(H,14,15,16). The van der Waals surface area contributed by atoms with E-state index in [9.17, 15) is 0 Å². The van der Waals surface area contributed by atoms with E-state index in [1.165, 1.54) is 0 Å². The van der Waals surface area contributed by atoms with Gasteiger partial charge in [0.15, 0.2) is 0 Å². The van der Waals surface area contributed by atoms with Crippen LogP contribution in [0.25, 0.3) is 0 Å². The molecule has 17 heavy (non-hydrogen) atoms. The first-order valence-electron chi connectivity index (χ1n) is 6.33. The summed E-state index contributed by atoms with van der Waals surface area (Å²) in [5, 5.41) is 3.22. The third-order valence-electron chi connectivity index (χ3n) is 2.48. The maximum absolute atomic E-state index is 4.57. The molecule has 0 spiro atoms. The third kappa shape index (κ3) is 4.21. The lowest BCUT2D eigenvalue weighted by atomic mass is 10.2. The molecule has 0 unspecified atom stereocenters. The number of hydrogen-bond acceptors (Lipinski definition) is 4. The van der Waals surface area contributed by atoms with Crippen molar-refractivity contribution < 1.29 is 0 Å². The lowest BCUT2D eigenvalue weighted by Gasteiger charge is -2.22. The molecule has 1 aromatic heterocycles. The van der Waals surface area contributed by atoms with E-state index in [1.54, 1.807) is 0 Å². The van der Waals surface area contributed by atoms with E-state index in [4.69, 9.17) is 0 Å². The quantitative estimate of drug-likeness (QED) is 0.824. The van der Waals surface area contributed by atoms with Crippen molar-refractivity contribution in [1.29, 1.82) is 0 Å². The van der Waals surface area contributed by atoms with Gasteiger partial charge in [-0.1, -0.05) is 20.8 Å². The van der Waals surface area contributed by atoms with E-state index in [1.807, 2.05) is 6.20 Å². The number of nitrogens with zero attached hydrogens (tertiary/aromatic N) is 3. The van der Waals surface area contributed by atoms with Gasteiger partial charge >= 0.3 is 0 Å². The van der Waals surface area contributed by atoms with E-state index < -0.39 is 0 Å². The predicted molar refractivity (Wildman–Crippen MR) is 73.7 cm³/mol. The van der Waals surface area contributed by atoms with Crippen LogP contribution < -0.4 is 10.2 Å². The summed E-state index contributed by atoms with van der Waals surface area (Å²) in [6.45, 7) is 10.5. The number of aromatic nitrogens is 2. The minimum Gasteiger partial charge on any atom is -0.359 e. The van der Waals surface area contributed by atoms with Crippen LogP contribution in [0, 0.1) is 12.8 Å². The number of hydrogen-bond donors (Lipinski definition) is 1. The zero-order chi connectivity index (χ0) is 12.8. The van der Waals surface area contributed by atoms with Gasteiger partial charge in [0.2, 0.25) is 5.95 Å². The molecule has 0 aliphatic rings. The van der Waals surface area contributed by atoms with E-state index in [0.717, 1.165) is 36.8 Å². The van der Waals surface area contributed by atoms with Gasteiger partial charge in [0.1, 0.15) is 5.82 Å². The summed E-state index contributed by atoms with van der Waals surface area (Å²) in [6, 6.07) is 0. The fourth-order valence-electron chi connectivity index (χ4n) is 1.78. The van der Waals surface area contributed by atoms with Gasteiger partial charge < -0.3 is 10.2 Å². The first-order chi connectivity index (χ1) is 8.04. The largest absolute Gasteiger partial charge is 0.359 e. The first-order valence-corrected chi connectivity index (χ1v) is 6.33. The minimum absolute atomic E-state index is 0.626. The Balaban J connectivity index is 2.81. The lowest BCUT2D eigenvalue weighted by molar-refractivity contribution is 0.633. The molecule has 0 saturated carbocycles. The number of aryl methyl sites for hydroxylation is 1. The molecule has 4 nitrogen and oxygen atoms in total. The summed E-state index contributed by atoms with van der Waals surface area (Å²) in [6.07, 6.45) is 2.96. The van der Waals surface area contributed by atoms with Crippen molar-refractivity contribution in [3.8, 4) is 0 Å². The molecular weight excluding hydrogens is 212 g/mol. The van der Waals surface area contributed by atoms with Crippen LogP contribution in [0.2, 0.25) is 0 Å². The smallest absolute Gasteiger partial charge is 0.224 e.